The number of rotatable bonds is 6. The van der Waals surface area contributed by atoms with Crippen molar-refractivity contribution in [1.82, 2.24) is 0 Å². The molecule has 0 radical (unpaired) electrons. The van der Waals surface area contributed by atoms with Crippen molar-refractivity contribution in [3.63, 3.8) is 0 Å². The van der Waals surface area contributed by atoms with Crippen LogP contribution in [0.1, 0.15) is 12.5 Å². The second-order valence-electron chi connectivity index (χ2n) is 4.20. The van der Waals surface area contributed by atoms with Crippen molar-refractivity contribution in [3.05, 3.63) is 17.7 Å². The molecule has 0 heterocycles. The summed E-state index contributed by atoms with van der Waals surface area (Å²) in [5.41, 5.74) is 7.57. The zero-order valence-corrected chi connectivity index (χ0v) is 11.0. The van der Waals surface area contributed by atoms with Crippen LogP contribution in [-0.4, -0.2) is 27.3 Å². The van der Waals surface area contributed by atoms with E-state index < -0.39 is 0 Å². The molecule has 4 heteroatoms. The second-order valence-corrected chi connectivity index (χ2v) is 4.20. The molecule has 0 amide bonds. The van der Waals surface area contributed by atoms with Gasteiger partial charge in [-0.05, 0) is 31.5 Å². The van der Waals surface area contributed by atoms with Gasteiger partial charge < -0.3 is 20.5 Å². The van der Waals surface area contributed by atoms with Crippen LogP contribution < -0.4 is 20.5 Å². The van der Waals surface area contributed by atoms with E-state index in [1.807, 2.05) is 19.1 Å². The Balaban J connectivity index is 2.88. The summed E-state index contributed by atoms with van der Waals surface area (Å²) in [5.74, 6) is 2.09. The lowest BCUT2D eigenvalue weighted by Gasteiger charge is -2.17. The maximum absolute atomic E-state index is 5.59. The largest absolute Gasteiger partial charge is 0.496 e. The molecule has 1 atom stereocenters. The Hall–Kier alpha value is -1.42. The van der Waals surface area contributed by atoms with E-state index in [0.717, 1.165) is 29.3 Å². The number of hydrogen-bond acceptors (Lipinski definition) is 4. The fourth-order valence-electron chi connectivity index (χ4n) is 1.66. The first kappa shape index (κ1) is 13.6. The van der Waals surface area contributed by atoms with E-state index in [9.17, 15) is 0 Å². The number of ether oxygens (including phenoxy) is 2. The third kappa shape index (κ3) is 3.27. The van der Waals surface area contributed by atoms with Gasteiger partial charge in [0.2, 0.25) is 0 Å². The van der Waals surface area contributed by atoms with Gasteiger partial charge >= 0.3 is 0 Å². The molecule has 0 saturated carbocycles. The molecule has 0 spiro atoms. The van der Waals surface area contributed by atoms with Crippen LogP contribution in [-0.2, 0) is 0 Å². The van der Waals surface area contributed by atoms with Gasteiger partial charge in [0.15, 0.2) is 0 Å². The molecule has 1 unspecified atom stereocenters. The molecule has 3 N–H and O–H groups in total. The smallest absolute Gasteiger partial charge is 0.148 e. The summed E-state index contributed by atoms with van der Waals surface area (Å²) in [6.45, 7) is 5.59. The number of benzene rings is 1. The lowest BCUT2D eigenvalue weighted by Crippen LogP contribution is -2.20. The Kier molecular flexibility index (Phi) is 5.10. The summed E-state index contributed by atoms with van der Waals surface area (Å²) in [7, 11) is 3.32. The van der Waals surface area contributed by atoms with Gasteiger partial charge in [-0.25, -0.2) is 0 Å². The van der Waals surface area contributed by atoms with Gasteiger partial charge in [0.05, 0.1) is 19.9 Å². The van der Waals surface area contributed by atoms with Gasteiger partial charge in [-0.2, -0.15) is 0 Å². The van der Waals surface area contributed by atoms with Crippen LogP contribution in [0.25, 0.3) is 0 Å². The average molecular weight is 238 g/mol. The van der Waals surface area contributed by atoms with Gasteiger partial charge in [0.1, 0.15) is 11.5 Å². The van der Waals surface area contributed by atoms with Crippen LogP contribution in [0, 0.1) is 12.8 Å². The summed E-state index contributed by atoms with van der Waals surface area (Å²) in [5, 5.41) is 3.35. The molecule has 0 aromatic heterocycles. The van der Waals surface area contributed by atoms with E-state index in [4.69, 9.17) is 15.2 Å². The minimum absolute atomic E-state index is 0.433. The van der Waals surface area contributed by atoms with Gasteiger partial charge in [0.25, 0.3) is 0 Å². The predicted molar refractivity (Wildman–Crippen MR) is 71.0 cm³/mol. The fraction of sp³-hybridized carbons (Fsp3) is 0.538. The lowest BCUT2D eigenvalue weighted by atomic mass is 10.1. The molecule has 0 aliphatic heterocycles. The monoisotopic (exact) mass is 238 g/mol. The maximum Gasteiger partial charge on any atom is 0.148 e. The molecular weight excluding hydrogens is 216 g/mol. The number of methoxy groups -OCH3 is 2. The zero-order chi connectivity index (χ0) is 12.8. The van der Waals surface area contributed by atoms with Crippen molar-refractivity contribution >= 4 is 5.69 Å². The molecule has 0 fully saturated rings. The second kappa shape index (κ2) is 6.35. The van der Waals surface area contributed by atoms with E-state index in [2.05, 4.69) is 12.2 Å². The highest BCUT2D eigenvalue weighted by molar-refractivity contribution is 5.63. The van der Waals surface area contributed by atoms with Crippen molar-refractivity contribution < 1.29 is 9.47 Å². The molecule has 0 bridgehead atoms. The topological polar surface area (TPSA) is 56.5 Å². The van der Waals surface area contributed by atoms with E-state index >= 15 is 0 Å². The quantitative estimate of drug-likeness (QED) is 0.796. The standard InChI is InChI=1S/C13H22N2O2/c1-9(7-14)8-15-11-5-6-12(16-3)10(2)13(11)17-4/h5-6,9,15H,7-8,14H2,1-4H3. The van der Waals surface area contributed by atoms with Gasteiger partial charge in [-0.15, -0.1) is 0 Å². The highest BCUT2D eigenvalue weighted by Gasteiger charge is 2.11. The van der Waals surface area contributed by atoms with Crippen LogP contribution in [0.15, 0.2) is 12.1 Å². The lowest BCUT2D eigenvalue weighted by molar-refractivity contribution is 0.389. The summed E-state index contributed by atoms with van der Waals surface area (Å²) in [6, 6.07) is 3.90. The molecule has 1 aromatic rings. The summed E-state index contributed by atoms with van der Waals surface area (Å²) in [4.78, 5) is 0. The van der Waals surface area contributed by atoms with Crippen molar-refractivity contribution in [1.29, 1.82) is 0 Å². The summed E-state index contributed by atoms with van der Waals surface area (Å²) >= 11 is 0. The number of nitrogens with two attached hydrogens (primary N) is 1. The normalized spacial score (nSPS) is 12.1. The van der Waals surface area contributed by atoms with E-state index in [0.29, 0.717) is 12.5 Å². The first-order chi connectivity index (χ1) is 8.13. The Labute approximate surface area is 103 Å². The van der Waals surface area contributed by atoms with Crippen LogP contribution in [0.4, 0.5) is 5.69 Å². The average Bonchev–Trinajstić information content (AvgIpc) is 2.35. The SMILES string of the molecule is COc1ccc(NCC(C)CN)c(OC)c1C. The van der Waals surface area contributed by atoms with E-state index in [1.54, 1.807) is 14.2 Å². The van der Waals surface area contributed by atoms with Crippen molar-refractivity contribution in [2.75, 3.05) is 32.6 Å². The van der Waals surface area contributed by atoms with Crippen LogP contribution in [0.3, 0.4) is 0 Å². The minimum atomic E-state index is 0.433. The first-order valence-corrected chi connectivity index (χ1v) is 5.79. The van der Waals surface area contributed by atoms with Crippen LogP contribution >= 0.6 is 0 Å². The van der Waals surface area contributed by atoms with Crippen LogP contribution in [0.5, 0.6) is 11.5 Å². The Morgan fingerprint density at radius 2 is 2.00 bits per heavy atom. The first-order valence-electron chi connectivity index (χ1n) is 5.79. The van der Waals surface area contributed by atoms with Crippen molar-refractivity contribution in [2.24, 2.45) is 11.7 Å². The molecule has 0 saturated heterocycles. The molecule has 17 heavy (non-hydrogen) atoms. The van der Waals surface area contributed by atoms with Crippen molar-refractivity contribution in [2.45, 2.75) is 13.8 Å². The maximum atomic E-state index is 5.59. The third-order valence-corrected chi connectivity index (χ3v) is 2.82. The summed E-state index contributed by atoms with van der Waals surface area (Å²) in [6.07, 6.45) is 0. The Morgan fingerprint density at radius 1 is 1.29 bits per heavy atom. The predicted octanol–water partition coefficient (Wildman–Crippen LogP) is 2.02. The molecule has 1 aromatic carbocycles. The highest BCUT2D eigenvalue weighted by Crippen LogP contribution is 2.34. The van der Waals surface area contributed by atoms with Gasteiger partial charge in [0, 0.05) is 12.1 Å². The van der Waals surface area contributed by atoms with Gasteiger partial charge in [-0.1, -0.05) is 6.92 Å². The molecule has 96 valence electrons. The van der Waals surface area contributed by atoms with E-state index in [1.165, 1.54) is 0 Å². The summed E-state index contributed by atoms with van der Waals surface area (Å²) < 4.78 is 10.7. The fourth-order valence-corrected chi connectivity index (χ4v) is 1.66. The minimum Gasteiger partial charge on any atom is -0.496 e. The Bertz CT molecular complexity index is 367. The molecule has 0 aliphatic rings. The number of anilines is 1. The van der Waals surface area contributed by atoms with Crippen molar-refractivity contribution in [3.8, 4) is 11.5 Å². The number of nitrogens with one attached hydrogen (secondary N) is 1. The third-order valence-electron chi connectivity index (χ3n) is 2.82. The Morgan fingerprint density at radius 3 is 2.53 bits per heavy atom. The molecular formula is C13H22N2O2. The molecule has 0 aliphatic carbocycles. The van der Waals surface area contributed by atoms with Crippen LogP contribution in [0.2, 0.25) is 0 Å². The van der Waals surface area contributed by atoms with E-state index in [-0.39, 0.29) is 0 Å². The molecule has 4 nitrogen and oxygen atoms in total. The number of hydrogen-bond donors (Lipinski definition) is 2. The highest BCUT2D eigenvalue weighted by atomic mass is 16.5. The van der Waals surface area contributed by atoms with Gasteiger partial charge in [-0.3, -0.25) is 0 Å². The molecule has 1 rings (SSSR count). The zero-order valence-electron chi connectivity index (χ0n) is 11.0.